The summed E-state index contributed by atoms with van der Waals surface area (Å²) in [5, 5.41) is 10.1. The summed E-state index contributed by atoms with van der Waals surface area (Å²) in [4.78, 5) is 24.7. The van der Waals surface area contributed by atoms with Crippen molar-refractivity contribution in [1.29, 1.82) is 0 Å². The number of piperidine rings is 1. The van der Waals surface area contributed by atoms with Crippen LogP contribution in [0.4, 0.5) is 0 Å². The minimum atomic E-state index is -0.656. The van der Waals surface area contributed by atoms with Crippen LogP contribution in [0.2, 0.25) is 0 Å². The van der Waals surface area contributed by atoms with Gasteiger partial charge in [-0.1, -0.05) is 6.07 Å². The molecule has 1 aliphatic heterocycles. The standard InChI is InChI=1S/C17H24N2O5/c1-23-17(22)13-3-2-4-15(9-13)24-11-14(20)10-19-7-5-12(6-8-19)16(18)21/h2-4,9,12,14,20H,5-8,10-11H2,1H3,(H2,18,21)/t14-/m1/s1. The van der Waals surface area contributed by atoms with E-state index in [1.807, 2.05) is 0 Å². The van der Waals surface area contributed by atoms with Crippen LogP contribution in [0, 0.1) is 5.92 Å². The molecule has 0 unspecified atom stereocenters. The zero-order valence-corrected chi connectivity index (χ0v) is 13.8. The van der Waals surface area contributed by atoms with Crippen molar-refractivity contribution >= 4 is 11.9 Å². The van der Waals surface area contributed by atoms with Crippen LogP contribution >= 0.6 is 0 Å². The summed E-state index contributed by atoms with van der Waals surface area (Å²) in [6, 6.07) is 6.63. The van der Waals surface area contributed by atoms with Crippen molar-refractivity contribution < 1.29 is 24.2 Å². The van der Waals surface area contributed by atoms with Gasteiger partial charge in [0.1, 0.15) is 18.5 Å². The zero-order valence-electron chi connectivity index (χ0n) is 13.8. The second-order valence-corrected chi connectivity index (χ2v) is 5.96. The number of nitrogens with zero attached hydrogens (tertiary/aromatic N) is 1. The van der Waals surface area contributed by atoms with Gasteiger partial charge in [-0.3, -0.25) is 4.79 Å². The molecule has 0 bridgehead atoms. The van der Waals surface area contributed by atoms with Crippen molar-refractivity contribution in [3.05, 3.63) is 29.8 Å². The average Bonchev–Trinajstić information content (AvgIpc) is 2.60. The number of β-amino-alcohol motifs (C(OH)–C–C–N with tert-alkyl or cyclic N) is 1. The first-order valence-electron chi connectivity index (χ1n) is 8.00. The Morgan fingerprint density at radius 2 is 2.08 bits per heavy atom. The van der Waals surface area contributed by atoms with E-state index in [9.17, 15) is 14.7 Å². The molecule has 3 N–H and O–H groups in total. The first-order valence-corrected chi connectivity index (χ1v) is 8.00. The van der Waals surface area contributed by atoms with Crippen molar-refractivity contribution in [2.75, 3.05) is 33.4 Å². The molecule has 24 heavy (non-hydrogen) atoms. The molecule has 0 spiro atoms. The Hall–Kier alpha value is -2.12. The molecule has 1 aliphatic rings. The van der Waals surface area contributed by atoms with Crippen LogP contribution in [0.5, 0.6) is 5.75 Å². The summed E-state index contributed by atoms with van der Waals surface area (Å²) in [5.41, 5.74) is 5.71. The van der Waals surface area contributed by atoms with Gasteiger partial charge in [0.2, 0.25) is 5.91 Å². The number of hydrogen-bond donors (Lipinski definition) is 2. The Morgan fingerprint density at radius 3 is 2.71 bits per heavy atom. The largest absolute Gasteiger partial charge is 0.491 e. The number of carbonyl (C=O) groups excluding carboxylic acids is 2. The van der Waals surface area contributed by atoms with E-state index in [-0.39, 0.29) is 18.4 Å². The van der Waals surface area contributed by atoms with E-state index in [0.717, 1.165) is 25.9 Å². The normalized spacial score (nSPS) is 17.2. The van der Waals surface area contributed by atoms with E-state index in [1.54, 1.807) is 24.3 Å². The smallest absolute Gasteiger partial charge is 0.337 e. The molecule has 1 atom stereocenters. The number of hydrogen-bond acceptors (Lipinski definition) is 6. The lowest BCUT2D eigenvalue weighted by molar-refractivity contribution is -0.123. The lowest BCUT2D eigenvalue weighted by Crippen LogP contribution is -2.43. The Labute approximate surface area is 141 Å². The predicted octanol–water partition coefficient (Wildman–Crippen LogP) is 0.410. The van der Waals surface area contributed by atoms with Crippen LogP contribution in [0.1, 0.15) is 23.2 Å². The number of esters is 1. The summed E-state index contributed by atoms with van der Waals surface area (Å²) in [6.45, 7) is 2.08. The maximum absolute atomic E-state index is 11.5. The number of primary amides is 1. The molecule has 2 rings (SSSR count). The van der Waals surface area contributed by atoms with Crippen LogP contribution < -0.4 is 10.5 Å². The monoisotopic (exact) mass is 336 g/mol. The third-order valence-electron chi connectivity index (χ3n) is 4.16. The summed E-state index contributed by atoms with van der Waals surface area (Å²) in [6.07, 6.45) is 0.797. The maximum atomic E-state index is 11.5. The molecule has 1 heterocycles. The molecule has 1 aromatic rings. The number of methoxy groups -OCH3 is 1. The number of aliphatic hydroxyl groups is 1. The number of nitrogens with two attached hydrogens (primary N) is 1. The summed E-state index contributed by atoms with van der Waals surface area (Å²) in [5.74, 6) is -0.234. The second-order valence-electron chi connectivity index (χ2n) is 5.96. The van der Waals surface area contributed by atoms with E-state index in [2.05, 4.69) is 9.64 Å². The van der Waals surface area contributed by atoms with Gasteiger partial charge in [-0.15, -0.1) is 0 Å². The fourth-order valence-electron chi connectivity index (χ4n) is 2.77. The molecule has 0 radical (unpaired) electrons. The molecule has 0 saturated carbocycles. The zero-order chi connectivity index (χ0) is 17.5. The molecule has 7 nitrogen and oxygen atoms in total. The van der Waals surface area contributed by atoms with Crippen LogP contribution in [-0.4, -0.2) is 61.3 Å². The van der Waals surface area contributed by atoms with Crippen LogP contribution in [0.3, 0.4) is 0 Å². The number of rotatable bonds is 7. The molecular weight excluding hydrogens is 312 g/mol. The van der Waals surface area contributed by atoms with Crippen molar-refractivity contribution in [2.24, 2.45) is 11.7 Å². The van der Waals surface area contributed by atoms with Crippen LogP contribution in [0.25, 0.3) is 0 Å². The maximum Gasteiger partial charge on any atom is 0.337 e. The molecule has 1 aromatic carbocycles. The van der Waals surface area contributed by atoms with Crippen molar-refractivity contribution in [3.63, 3.8) is 0 Å². The highest BCUT2D eigenvalue weighted by Crippen LogP contribution is 2.17. The number of aliphatic hydroxyl groups excluding tert-OH is 1. The van der Waals surface area contributed by atoms with Gasteiger partial charge in [0.15, 0.2) is 0 Å². The number of benzene rings is 1. The van der Waals surface area contributed by atoms with Gasteiger partial charge in [0, 0.05) is 12.5 Å². The molecule has 0 aliphatic carbocycles. The topological polar surface area (TPSA) is 102 Å². The van der Waals surface area contributed by atoms with E-state index < -0.39 is 12.1 Å². The summed E-state index contributed by atoms with van der Waals surface area (Å²) in [7, 11) is 1.32. The fraction of sp³-hybridized carbons (Fsp3) is 0.529. The van der Waals surface area contributed by atoms with Gasteiger partial charge in [-0.2, -0.15) is 0 Å². The molecule has 1 amide bonds. The first kappa shape index (κ1) is 18.2. The highest BCUT2D eigenvalue weighted by atomic mass is 16.5. The Balaban J connectivity index is 1.76. The third-order valence-corrected chi connectivity index (χ3v) is 4.16. The Bertz CT molecular complexity index is 570. The molecule has 0 aromatic heterocycles. The fourth-order valence-corrected chi connectivity index (χ4v) is 2.77. The second kappa shape index (κ2) is 8.65. The van der Waals surface area contributed by atoms with Crippen molar-refractivity contribution in [1.82, 2.24) is 4.90 Å². The van der Waals surface area contributed by atoms with Gasteiger partial charge in [0.05, 0.1) is 12.7 Å². The van der Waals surface area contributed by atoms with E-state index in [0.29, 0.717) is 17.9 Å². The quantitative estimate of drug-likeness (QED) is 0.699. The minimum absolute atomic E-state index is 0.0595. The average molecular weight is 336 g/mol. The first-order chi connectivity index (χ1) is 11.5. The highest BCUT2D eigenvalue weighted by molar-refractivity contribution is 5.89. The number of ether oxygens (including phenoxy) is 2. The van der Waals surface area contributed by atoms with Crippen molar-refractivity contribution in [2.45, 2.75) is 18.9 Å². The third kappa shape index (κ3) is 5.21. The molecule has 132 valence electrons. The van der Waals surface area contributed by atoms with Gasteiger partial charge < -0.3 is 25.2 Å². The molecule has 1 fully saturated rings. The van der Waals surface area contributed by atoms with Gasteiger partial charge in [-0.05, 0) is 44.1 Å². The lowest BCUT2D eigenvalue weighted by atomic mass is 9.96. The Kier molecular flexibility index (Phi) is 6.57. The summed E-state index contributed by atoms with van der Waals surface area (Å²) < 4.78 is 10.2. The number of likely N-dealkylation sites (tertiary alicyclic amines) is 1. The highest BCUT2D eigenvalue weighted by Gasteiger charge is 2.24. The minimum Gasteiger partial charge on any atom is -0.491 e. The molecular formula is C17H24N2O5. The Morgan fingerprint density at radius 1 is 1.38 bits per heavy atom. The van der Waals surface area contributed by atoms with E-state index in [1.165, 1.54) is 7.11 Å². The van der Waals surface area contributed by atoms with Crippen LogP contribution in [0.15, 0.2) is 24.3 Å². The molecule has 7 heteroatoms. The van der Waals surface area contributed by atoms with Gasteiger partial charge in [0.25, 0.3) is 0 Å². The van der Waals surface area contributed by atoms with Crippen LogP contribution in [-0.2, 0) is 9.53 Å². The number of amides is 1. The molecule has 1 saturated heterocycles. The summed E-state index contributed by atoms with van der Waals surface area (Å²) >= 11 is 0. The van der Waals surface area contributed by atoms with E-state index >= 15 is 0 Å². The predicted molar refractivity (Wildman–Crippen MR) is 87.6 cm³/mol. The van der Waals surface area contributed by atoms with Gasteiger partial charge >= 0.3 is 5.97 Å². The SMILES string of the molecule is COC(=O)c1cccc(OC[C@H](O)CN2CCC(C(N)=O)CC2)c1. The lowest BCUT2D eigenvalue weighted by Gasteiger charge is -2.31. The van der Waals surface area contributed by atoms with Gasteiger partial charge in [-0.25, -0.2) is 4.79 Å². The van der Waals surface area contributed by atoms with Crippen molar-refractivity contribution in [3.8, 4) is 5.75 Å². The number of carbonyl (C=O) groups is 2. The van der Waals surface area contributed by atoms with E-state index in [4.69, 9.17) is 10.5 Å².